The van der Waals surface area contributed by atoms with Crippen molar-refractivity contribution in [3.8, 4) is 0 Å². The lowest BCUT2D eigenvalue weighted by Gasteiger charge is -2.34. The monoisotopic (exact) mass is 271 g/mol. The standard InChI is InChI=1S/C16H21N3O/c1-12-6-8-13(9-7-12)18(2)16-14(11-20)19-10-4-3-5-15(19)17-16/h3-5,10-13H,6-9H2,1-2H3. The Hall–Kier alpha value is -1.84. The summed E-state index contributed by atoms with van der Waals surface area (Å²) in [5, 5.41) is 0. The van der Waals surface area contributed by atoms with Crippen molar-refractivity contribution in [2.75, 3.05) is 11.9 Å². The molecule has 2 aromatic rings. The molecule has 2 heterocycles. The van der Waals surface area contributed by atoms with Crippen LogP contribution < -0.4 is 4.90 Å². The number of rotatable bonds is 3. The Morgan fingerprint density at radius 2 is 2.05 bits per heavy atom. The minimum Gasteiger partial charge on any atom is -0.355 e. The summed E-state index contributed by atoms with van der Waals surface area (Å²) in [6.07, 6.45) is 7.70. The van der Waals surface area contributed by atoms with Gasteiger partial charge >= 0.3 is 0 Å². The number of carbonyl (C=O) groups excluding carboxylic acids is 1. The molecule has 0 amide bonds. The molecule has 3 rings (SSSR count). The largest absolute Gasteiger partial charge is 0.355 e. The number of pyridine rings is 1. The number of carbonyl (C=O) groups is 1. The molecule has 1 fully saturated rings. The second kappa shape index (κ2) is 5.27. The first-order valence-corrected chi connectivity index (χ1v) is 7.36. The zero-order valence-electron chi connectivity index (χ0n) is 12.1. The number of hydrogen-bond donors (Lipinski definition) is 0. The molecule has 0 aliphatic heterocycles. The lowest BCUT2D eigenvalue weighted by Crippen LogP contribution is -2.35. The molecule has 0 aromatic carbocycles. The molecular formula is C16H21N3O. The van der Waals surface area contributed by atoms with Crippen LogP contribution in [-0.4, -0.2) is 28.8 Å². The fourth-order valence-electron chi connectivity index (χ4n) is 3.17. The van der Waals surface area contributed by atoms with Crippen LogP contribution in [0.25, 0.3) is 5.65 Å². The molecule has 1 aliphatic carbocycles. The predicted molar refractivity (Wildman–Crippen MR) is 80.4 cm³/mol. The minimum absolute atomic E-state index is 0.495. The van der Waals surface area contributed by atoms with Crippen molar-refractivity contribution >= 4 is 17.8 Å². The van der Waals surface area contributed by atoms with Crippen LogP contribution >= 0.6 is 0 Å². The van der Waals surface area contributed by atoms with E-state index in [-0.39, 0.29) is 0 Å². The first-order chi connectivity index (χ1) is 9.70. The third-order valence-corrected chi connectivity index (χ3v) is 4.53. The Kier molecular flexibility index (Phi) is 3.47. The lowest BCUT2D eigenvalue weighted by molar-refractivity contribution is 0.111. The molecule has 2 aromatic heterocycles. The first-order valence-electron chi connectivity index (χ1n) is 7.36. The fourth-order valence-corrected chi connectivity index (χ4v) is 3.17. The molecule has 0 bridgehead atoms. The third-order valence-electron chi connectivity index (χ3n) is 4.53. The van der Waals surface area contributed by atoms with Crippen LogP contribution in [0.5, 0.6) is 0 Å². The molecule has 0 atom stereocenters. The summed E-state index contributed by atoms with van der Waals surface area (Å²) < 4.78 is 1.87. The van der Waals surface area contributed by atoms with E-state index in [1.54, 1.807) is 0 Å². The Balaban J connectivity index is 1.94. The topological polar surface area (TPSA) is 37.6 Å². The van der Waals surface area contributed by atoms with Crippen LogP contribution in [0.15, 0.2) is 24.4 Å². The average Bonchev–Trinajstić information content (AvgIpc) is 2.85. The van der Waals surface area contributed by atoms with Gasteiger partial charge in [-0.1, -0.05) is 13.0 Å². The Labute approximate surface area is 119 Å². The second-order valence-corrected chi connectivity index (χ2v) is 5.89. The molecule has 0 N–H and O–H groups in total. The molecule has 106 valence electrons. The van der Waals surface area contributed by atoms with Crippen molar-refractivity contribution in [1.29, 1.82) is 0 Å². The van der Waals surface area contributed by atoms with Crippen LogP contribution in [0, 0.1) is 5.92 Å². The van der Waals surface area contributed by atoms with Gasteiger partial charge in [0.15, 0.2) is 12.1 Å². The highest BCUT2D eigenvalue weighted by Gasteiger charge is 2.25. The van der Waals surface area contributed by atoms with Gasteiger partial charge in [-0.05, 0) is 43.7 Å². The molecule has 1 aliphatic rings. The zero-order valence-corrected chi connectivity index (χ0v) is 12.1. The van der Waals surface area contributed by atoms with Crippen LogP contribution in [0.3, 0.4) is 0 Å². The van der Waals surface area contributed by atoms with Crippen molar-refractivity contribution in [2.24, 2.45) is 5.92 Å². The molecule has 20 heavy (non-hydrogen) atoms. The summed E-state index contributed by atoms with van der Waals surface area (Å²) >= 11 is 0. The van der Waals surface area contributed by atoms with Gasteiger partial charge in [0.25, 0.3) is 0 Å². The van der Waals surface area contributed by atoms with Crippen molar-refractivity contribution in [1.82, 2.24) is 9.38 Å². The van der Waals surface area contributed by atoms with Gasteiger partial charge in [-0.2, -0.15) is 0 Å². The van der Waals surface area contributed by atoms with Gasteiger partial charge in [-0.15, -0.1) is 0 Å². The van der Waals surface area contributed by atoms with E-state index >= 15 is 0 Å². The average molecular weight is 271 g/mol. The molecule has 4 heteroatoms. The van der Waals surface area contributed by atoms with E-state index < -0.39 is 0 Å². The smallest absolute Gasteiger partial charge is 0.170 e. The van der Waals surface area contributed by atoms with E-state index in [0.29, 0.717) is 11.7 Å². The molecular weight excluding hydrogens is 250 g/mol. The summed E-state index contributed by atoms with van der Waals surface area (Å²) in [5.74, 6) is 1.64. The fraction of sp³-hybridized carbons (Fsp3) is 0.500. The van der Waals surface area contributed by atoms with E-state index in [1.807, 2.05) is 28.8 Å². The third kappa shape index (κ3) is 2.19. The van der Waals surface area contributed by atoms with Crippen LogP contribution in [-0.2, 0) is 0 Å². The highest BCUT2D eigenvalue weighted by Crippen LogP contribution is 2.30. The number of fused-ring (bicyclic) bond motifs is 1. The summed E-state index contributed by atoms with van der Waals surface area (Å²) in [6, 6.07) is 6.30. The van der Waals surface area contributed by atoms with Crippen molar-refractivity contribution in [2.45, 2.75) is 38.6 Å². The minimum atomic E-state index is 0.495. The Morgan fingerprint density at radius 1 is 1.30 bits per heavy atom. The van der Waals surface area contributed by atoms with Gasteiger partial charge in [0.1, 0.15) is 11.3 Å². The van der Waals surface area contributed by atoms with Gasteiger partial charge < -0.3 is 4.90 Å². The number of hydrogen-bond acceptors (Lipinski definition) is 3. The molecule has 0 spiro atoms. The quantitative estimate of drug-likeness (QED) is 0.805. The number of imidazole rings is 1. The van der Waals surface area contributed by atoms with E-state index in [9.17, 15) is 4.79 Å². The normalized spacial score (nSPS) is 22.9. The van der Waals surface area contributed by atoms with Gasteiger partial charge in [0, 0.05) is 19.3 Å². The summed E-state index contributed by atoms with van der Waals surface area (Å²) in [4.78, 5) is 18.3. The highest BCUT2D eigenvalue weighted by atomic mass is 16.1. The molecule has 4 nitrogen and oxygen atoms in total. The summed E-state index contributed by atoms with van der Waals surface area (Å²) in [6.45, 7) is 2.32. The van der Waals surface area contributed by atoms with E-state index in [4.69, 9.17) is 0 Å². The number of nitrogens with zero attached hydrogens (tertiary/aromatic N) is 3. The van der Waals surface area contributed by atoms with Gasteiger partial charge in [0.05, 0.1) is 0 Å². The van der Waals surface area contributed by atoms with E-state index in [2.05, 4.69) is 23.9 Å². The zero-order chi connectivity index (χ0) is 14.1. The Morgan fingerprint density at radius 3 is 2.75 bits per heavy atom. The van der Waals surface area contributed by atoms with Gasteiger partial charge in [-0.3, -0.25) is 9.20 Å². The van der Waals surface area contributed by atoms with Crippen LogP contribution in [0.2, 0.25) is 0 Å². The van der Waals surface area contributed by atoms with Crippen LogP contribution in [0.1, 0.15) is 43.1 Å². The van der Waals surface area contributed by atoms with Gasteiger partial charge in [0.2, 0.25) is 0 Å². The van der Waals surface area contributed by atoms with Crippen molar-refractivity contribution in [3.05, 3.63) is 30.1 Å². The summed E-state index contributed by atoms with van der Waals surface area (Å²) in [5.41, 5.74) is 1.49. The number of anilines is 1. The van der Waals surface area contributed by atoms with E-state index in [1.165, 1.54) is 25.7 Å². The van der Waals surface area contributed by atoms with Crippen molar-refractivity contribution < 1.29 is 4.79 Å². The van der Waals surface area contributed by atoms with Gasteiger partial charge in [-0.25, -0.2) is 4.98 Å². The number of aromatic nitrogens is 2. The molecule has 0 unspecified atom stereocenters. The molecule has 1 saturated carbocycles. The molecule has 0 radical (unpaired) electrons. The van der Waals surface area contributed by atoms with E-state index in [0.717, 1.165) is 23.7 Å². The highest BCUT2D eigenvalue weighted by molar-refractivity contribution is 5.83. The SMILES string of the molecule is CC1CCC(N(C)c2nc3ccccn3c2C=O)CC1. The maximum atomic E-state index is 11.5. The number of aldehydes is 1. The van der Waals surface area contributed by atoms with Crippen molar-refractivity contribution in [3.63, 3.8) is 0 Å². The lowest BCUT2D eigenvalue weighted by atomic mass is 9.87. The maximum absolute atomic E-state index is 11.5. The summed E-state index contributed by atoms with van der Waals surface area (Å²) in [7, 11) is 2.06. The maximum Gasteiger partial charge on any atom is 0.170 e. The van der Waals surface area contributed by atoms with Crippen LogP contribution in [0.4, 0.5) is 5.82 Å². The second-order valence-electron chi connectivity index (χ2n) is 5.89. The first kappa shape index (κ1) is 13.2. The Bertz CT molecular complexity index is 611. The predicted octanol–water partition coefficient (Wildman–Crippen LogP) is 3.16. The molecule has 0 saturated heterocycles.